The fourth-order valence-electron chi connectivity index (χ4n) is 2.03. The van der Waals surface area contributed by atoms with Crippen LogP contribution in [0.1, 0.15) is 39.2 Å². The minimum atomic E-state index is -0.548. The van der Waals surface area contributed by atoms with Crippen molar-refractivity contribution in [3.8, 4) is 6.07 Å². The van der Waals surface area contributed by atoms with Crippen LogP contribution in [0.25, 0.3) is 0 Å². The third-order valence-corrected chi connectivity index (χ3v) is 4.45. The Morgan fingerprint density at radius 1 is 1.74 bits per heavy atom. The lowest BCUT2D eigenvalue weighted by atomic mass is 9.98. The van der Waals surface area contributed by atoms with Gasteiger partial charge >= 0.3 is 5.69 Å². The van der Waals surface area contributed by atoms with Crippen molar-refractivity contribution >= 4 is 11.8 Å². The minimum absolute atomic E-state index is 0.131. The van der Waals surface area contributed by atoms with Crippen LogP contribution in [0.3, 0.4) is 0 Å². The van der Waals surface area contributed by atoms with Gasteiger partial charge in [0.2, 0.25) is 0 Å². The van der Waals surface area contributed by atoms with E-state index in [9.17, 15) is 4.79 Å². The van der Waals surface area contributed by atoms with Crippen LogP contribution in [0.2, 0.25) is 0 Å². The molecule has 1 saturated carbocycles. The molecule has 2 N–H and O–H groups in total. The number of H-pyrrole nitrogens is 1. The summed E-state index contributed by atoms with van der Waals surface area (Å²) in [6.45, 7) is 3.93. The quantitative estimate of drug-likeness (QED) is 0.767. The van der Waals surface area contributed by atoms with Gasteiger partial charge in [-0.25, -0.2) is 9.89 Å². The van der Waals surface area contributed by atoms with Gasteiger partial charge in [-0.05, 0) is 33.2 Å². The number of thioether (sulfide) groups is 1. The summed E-state index contributed by atoms with van der Waals surface area (Å²) in [7, 11) is 1.79. The van der Waals surface area contributed by atoms with E-state index in [1.807, 2.05) is 13.8 Å². The Morgan fingerprint density at radius 3 is 2.95 bits per heavy atom. The Kier molecular flexibility index (Phi) is 4.02. The van der Waals surface area contributed by atoms with Gasteiger partial charge in [-0.15, -0.1) is 5.10 Å². The number of nitrogens with one attached hydrogen (secondary N) is 2. The summed E-state index contributed by atoms with van der Waals surface area (Å²) >= 11 is 1.55. The first-order valence-corrected chi connectivity index (χ1v) is 7.31. The standard InChI is InChI=1S/C12H19N5OS/c1-8(6-12(2,7-13)14-3)19-11-16-15-10(18)17(11)9-4-5-9/h8-9,14H,4-6H2,1-3H3,(H,15,18). The van der Waals surface area contributed by atoms with Crippen molar-refractivity contribution in [3.63, 3.8) is 0 Å². The molecule has 104 valence electrons. The summed E-state index contributed by atoms with van der Waals surface area (Å²) in [4.78, 5) is 11.7. The molecule has 0 aliphatic heterocycles. The topological polar surface area (TPSA) is 86.5 Å². The lowest BCUT2D eigenvalue weighted by Gasteiger charge is -2.24. The normalized spacial score (nSPS) is 19.7. The van der Waals surface area contributed by atoms with Gasteiger partial charge in [-0.2, -0.15) is 5.26 Å². The fraction of sp³-hybridized carbons (Fsp3) is 0.750. The van der Waals surface area contributed by atoms with Crippen LogP contribution in [0.15, 0.2) is 9.95 Å². The molecule has 0 amide bonds. The second-order valence-electron chi connectivity index (χ2n) is 5.24. The second kappa shape index (κ2) is 5.39. The van der Waals surface area contributed by atoms with Crippen molar-refractivity contribution < 1.29 is 0 Å². The minimum Gasteiger partial charge on any atom is -0.303 e. The predicted octanol–water partition coefficient (Wildman–Crippen LogP) is 1.28. The smallest absolute Gasteiger partial charge is 0.303 e. The van der Waals surface area contributed by atoms with E-state index >= 15 is 0 Å². The molecular formula is C12H19N5OS. The molecule has 0 spiro atoms. The number of hydrogen-bond acceptors (Lipinski definition) is 5. The van der Waals surface area contributed by atoms with Crippen molar-refractivity contribution in [1.29, 1.82) is 5.26 Å². The van der Waals surface area contributed by atoms with Crippen LogP contribution in [-0.4, -0.2) is 32.6 Å². The van der Waals surface area contributed by atoms with Crippen molar-refractivity contribution in [2.24, 2.45) is 0 Å². The van der Waals surface area contributed by atoms with Crippen LogP contribution in [-0.2, 0) is 0 Å². The van der Waals surface area contributed by atoms with E-state index in [4.69, 9.17) is 5.26 Å². The van der Waals surface area contributed by atoms with Gasteiger partial charge in [0.25, 0.3) is 0 Å². The molecule has 1 heterocycles. The van der Waals surface area contributed by atoms with Gasteiger partial charge in [0, 0.05) is 11.3 Å². The summed E-state index contributed by atoms with van der Waals surface area (Å²) in [6, 6.07) is 2.59. The van der Waals surface area contributed by atoms with Crippen LogP contribution < -0.4 is 11.0 Å². The van der Waals surface area contributed by atoms with Crippen molar-refractivity contribution in [3.05, 3.63) is 10.5 Å². The molecule has 1 fully saturated rings. The number of aromatic nitrogens is 3. The maximum Gasteiger partial charge on any atom is 0.344 e. The highest BCUT2D eigenvalue weighted by atomic mass is 32.2. The average molecular weight is 281 g/mol. The Labute approximate surface area is 116 Å². The summed E-state index contributed by atoms with van der Waals surface area (Å²) in [5.41, 5.74) is -0.679. The van der Waals surface area contributed by atoms with Crippen molar-refractivity contribution in [1.82, 2.24) is 20.1 Å². The molecule has 0 radical (unpaired) electrons. The third-order valence-electron chi connectivity index (χ3n) is 3.38. The van der Waals surface area contributed by atoms with E-state index in [1.165, 1.54) is 0 Å². The van der Waals surface area contributed by atoms with Crippen LogP contribution in [0.5, 0.6) is 0 Å². The Hall–Kier alpha value is -1.26. The summed E-state index contributed by atoms with van der Waals surface area (Å²) in [5.74, 6) is 0. The van der Waals surface area contributed by atoms with Crippen molar-refractivity contribution in [2.45, 2.75) is 55.1 Å². The summed E-state index contributed by atoms with van der Waals surface area (Å²) in [5, 5.41) is 19.7. The second-order valence-corrected chi connectivity index (χ2v) is 6.64. The van der Waals surface area contributed by atoms with Gasteiger partial charge in [-0.1, -0.05) is 18.7 Å². The molecule has 0 saturated heterocycles. The third kappa shape index (κ3) is 3.19. The van der Waals surface area contributed by atoms with Crippen molar-refractivity contribution in [2.75, 3.05) is 7.05 Å². The Morgan fingerprint density at radius 2 is 2.42 bits per heavy atom. The molecule has 2 rings (SSSR count). The van der Waals surface area contributed by atoms with Gasteiger partial charge < -0.3 is 5.32 Å². The van der Waals surface area contributed by atoms with Gasteiger partial charge in [0.1, 0.15) is 5.54 Å². The molecule has 2 atom stereocenters. The van der Waals surface area contributed by atoms with E-state index < -0.39 is 5.54 Å². The molecule has 1 aliphatic rings. The highest BCUT2D eigenvalue weighted by Gasteiger charge is 2.30. The predicted molar refractivity (Wildman–Crippen MR) is 74.1 cm³/mol. The summed E-state index contributed by atoms with van der Waals surface area (Å²) in [6.07, 6.45) is 2.79. The lowest BCUT2D eigenvalue weighted by Crippen LogP contribution is -2.40. The fourth-order valence-corrected chi connectivity index (χ4v) is 3.25. The average Bonchev–Trinajstić information content (AvgIpc) is 3.15. The largest absolute Gasteiger partial charge is 0.344 e. The van der Waals surface area contributed by atoms with E-state index in [1.54, 1.807) is 23.4 Å². The molecular weight excluding hydrogens is 262 g/mol. The molecule has 7 heteroatoms. The number of nitrogens with zero attached hydrogens (tertiary/aromatic N) is 3. The van der Waals surface area contributed by atoms with Crippen LogP contribution in [0.4, 0.5) is 0 Å². The molecule has 1 aromatic heterocycles. The highest BCUT2D eigenvalue weighted by molar-refractivity contribution is 7.99. The number of aromatic amines is 1. The van der Waals surface area contributed by atoms with E-state index in [0.717, 1.165) is 18.0 Å². The molecule has 19 heavy (non-hydrogen) atoms. The molecule has 0 bridgehead atoms. The van der Waals surface area contributed by atoms with E-state index in [0.29, 0.717) is 12.5 Å². The number of rotatable bonds is 6. The monoisotopic (exact) mass is 281 g/mol. The first kappa shape index (κ1) is 14.2. The first-order chi connectivity index (χ1) is 8.99. The Balaban J connectivity index is 2.05. The molecule has 6 nitrogen and oxygen atoms in total. The molecule has 0 aromatic carbocycles. The van der Waals surface area contributed by atoms with Crippen LogP contribution in [0, 0.1) is 11.3 Å². The maximum absolute atomic E-state index is 11.7. The van der Waals surface area contributed by atoms with E-state index in [-0.39, 0.29) is 10.9 Å². The number of nitriles is 1. The zero-order valence-electron chi connectivity index (χ0n) is 11.4. The maximum atomic E-state index is 11.7. The molecule has 1 aliphatic carbocycles. The van der Waals surface area contributed by atoms with Crippen LogP contribution >= 0.6 is 11.8 Å². The Bertz CT molecular complexity index is 541. The molecule has 1 aromatic rings. The van der Waals surface area contributed by atoms with Gasteiger partial charge in [0.05, 0.1) is 6.07 Å². The first-order valence-electron chi connectivity index (χ1n) is 6.43. The zero-order valence-corrected chi connectivity index (χ0v) is 12.3. The van der Waals surface area contributed by atoms with Gasteiger partial charge in [-0.3, -0.25) is 4.57 Å². The van der Waals surface area contributed by atoms with E-state index in [2.05, 4.69) is 21.6 Å². The number of hydrogen-bond donors (Lipinski definition) is 2. The SMILES string of the molecule is CNC(C)(C#N)CC(C)Sc1n[nH]c(=O)n1C1CC1. The van der Waals surface area contributed by atoms with Gasteiger partial charge in [0.15, 0.2) is 5.16 Å². The zero-order chi connectivity index (χ0) is 14.0. The lowest BCUT2D eigenvalue weighted by molar-refractivity contribution is 0.454. The summed E-state index contributed by atoms with van der Waals surface area (Å²) < 4.78 is 1.74. The molecule has 2 unspecified atom stereocenters. The highest BCUT2D eigenvalue weighted by Crippen LogP contribution is 2.37.